The van der Waals surface area contributed by atoms with E-state index in [1.807, 2.05) is 0 Å². The predicted octanol–water partition coefficient (Wildman–Crippen LogP) is 2.23. The minimum Gasteiger partial charge on any atom is -0.356 e. The fourth-order valence-corrected chi connectivity index (χ4v) is 4.00. The molecule has 1 saturated heterocycles. The second-order valence-electron chi connectivity index (χ2n) is 6.66. The summed E-state index contributed by atoms with van der Waals surface area (Å²) in [6, 6.07) is 3.22. The van der Waals surface area contributed by atoms with E-state index in [0.717, 1.165) is 18.2 Å². The number of piperidine rings is 1. The molecule has 0 radical (unpaired) electrons. The highest BCUT2D eigenvalue weighted by molar-refractivity contribution is 7.90. The zero-order chi connectivity index (χ0) is 21.7. The van der Waals surface area contributed by atoms with Gasteiger partial charge >= 0.3 is 15.5 Å². The van der Waals surface area contributed by atoms with Gasteiger partial charge in [-0.25, -0.2) is 17.2 Å². The van der Waals surface area contributed by atoms with Crippen LogP contribution in [-0.2, 0) is 16.4 Å². The summed E-state index contributed by atoms with van der Waals surface area (Å²) in [5.74, 6) is -0.638. The van der Waals surface area contributed by atoms with E-state index in [9.17, 15) is 30.4 Å². The molecule has 12 heteroatoms. The van der Waals surface area contributed by atoms with Crippen molar-refractivity contribution in [3.05, 3.63) is 35.4 Å². The van der Waals surface area contributed by atoms with Gasteiger partial charge in [-0.15, -0.1) is 0 Å². The molecule has 164 valence electrons. The van der Waals surface area contributed by atoms with Gasteiger partial charge in [0.25, 0.3) is 0 Å². The highest BCUT2D eigenvalue weighted by atomic mass is 32.2. The largest absolute Gasteiger partial charge is 0.511 e. The van der Waals surface area contributed by atoms with Gasteiger partial charge in [0.2, 0.25) is 0 Å². The van der Waals surface area contributed by atoms with E-state index < -0.39 is 27.2 Å². The lowest BCUT2D eigenvalue weighted by Gasteiger charge is -2.31. The average molecular weight is 442 g/mol. The van der Waals surface area contributed by atoms with Crippen molar-refractivity contribution >= 4 is 16.0 Å². The molecular formula is C17H23F5N4O2S. The van der Waals surface area contributed by atoms with Crippen molar-refractivity contribution in [1.82, 2.24) is 14.9 Å². The Morgan fingerprint density at radius 2 is 1.86 bits per heavy atom. The Morgan fingerprint density at radius 3 is 2.45 bits per heavy atom. The maximum absolute atomic E-state index is 13.6. The van der Waals surface area contributed by atoms with Gasteiger partial charge in [0.15, 0.2) is 5.96 Å². The van der Waals surface area contributed by atoms with Crippen LogP contribution in [0.5, 0.6) is 0 Å². The number of nitrogens with one attached hydrogen (secondary N) is 2. The summed E-state index contributed by atoms with van der Waals surface area (Å²) in [5, 5.41) is 5.97. The molecule has 1 heterocycles. The van der Waals surface area contributed by atoms with Crippen molar-refractivity contribution in [3.8, 4) is 0 Å². The van der Waals surface area contributed by atoms with E-state index >= 15 is 0 Å². The summed E-state index contributed by atoms with van der Waals surface area (Å²) < 4.78 is 87.8. The molecule has 2 N–H and O–H groups in total. The van der Waals surface area contributed by atoms with Crippen LogP contribution in [-0.4, -0.2) is 57.4 Å². The summed E-state index contributed by atoms with van der Waals surface area (Å²) in [6.07, 6.45) is 0.805. The highest BCUT2D eigenvalue weighted by Gasteiger charge is 2.50. The molecule has 0 unspecified atom stereocenters. The van der Waals surface area contributed by atoms with Crippen LogP contribution in [0.3, 0.4) is 0 Å². The number of guanidine groups is 1. The molecule has 0 spiro atoms. The molecule has 0 aromatic heterocycles. The summed E-state index contributed by atoms with van der Waals surface area (Å²) in [4.78, 5) is 4.00. The van der Waals surface area contributed by atoms with E-state index in [2.05, 4.69) is 15.6 Å². The average Bonchev–Trinajstić information content (AvgIpc) is 2.66. The minimum atomic E-state index is -5.29. The molecule has 0 saturated carbocycles. The Bertz CT molecular complexity index is 822. The number of halogens is 5. The third-order valence-electron chi connectivity index (χ3n) is 4.68. The second kappa shape index (κ2) is 9.70. The van der Waals surface area contributed by atoms with Gasteiger partial charge in [-0.3, -0.25) is 4.99 Å². The van der Waals surface area contributed by atoms with E-state index in [1.165, 1.54) is 7.05 Å². The lowest BCUT2D eigenvalue weighted by Crippen LogP contribution is -2.47. The lowest BCUT2D eigenvalue weighted by molar-refractivity contribution is -0.0496. The maximum Gasteiger partial charge on any atom is 0.511 e. The first kappa shape index (κ1) is 23.3. The Balaban J connectivity index is 1.76. The van der Waals surface area contributed by atoms with Crippen LogP contribution in [0.2, 0.25) is 0 Å². The van der Waals surface area contributed by atoms with Crippen molar-refractivity contribution in [2.24, 2.45) is 10.9 Å². The van der Waals surface area contributed by atoms with Crippen LogP contribution < -0.4 is 10.6 Å². The number of nitrogens with zero attached hydrogens (tertiary/aromatic N) is 2. The molecule has 1 fully saturated rings. The van der Waals surface area contributed by atoms with Gasteiger partial charge < -0.3 is 10.6 Å². The van der Waals surface area contributed by atoms with Gasteiger partial charge in [-0.05, 0) is 48.9 Å². The van der Waals surface area contributed by atoms with Crippen molar-refractivity contribution in [2.45, 2.75) is 24.8 Å². The molecule has 1 aromatic rings. The number of hydrogen-bond acceptors (Lipinski definition) is 3. The molecule has 6 nitrogen and oxygen atoms in total. The van der Waals surface area contributed by atoms with Crippen LogP contribution >= 0.6 is 0 Å². The lowest BCUT2D eigenvalue weighted by atomic mass is 9.98. The SMILES string of the molecule is CN=C(NCCc1cc(F)ccc1F)NCC1CCN(S(=O)(=O)C(F)(F)F)CC1. The number of sulfonamides is 1. The molecule has 1 aromatic carbocycles. The van der Waals surface area contributed by atoms with Crippen LogP contribution in [0.15, 0.2) is 23.2 Å². The fraction of sp³-hybridized carbons (Fsp3) is 0.588. The van der Waals surface area contributed by atoms with Crippen molar-refractivity contribution in [3.63, 3.8) is 0 Å². The Hall–Kier alpha value is -1.95. The van der Waals surface area contributed by atoms with Gasteiger partial charge in [-0.2, -0.15) is 17.5 Å². The van der Waals surface area contributed by atoms with E-state index in [0.29, 0.717) is 23.4 Å². The van der Waals surface area contributed by atoms with Crippen molar-refractivity contribution in [2.75, 3.05) is 33.2 Å². The zero-order valence-corrected chi connectivity index (χ0v) is 16.6. The Kier molecular flexibility index (Phi) is 7.80. The van der Waals surface area contributed by atoms with E-state index in [1.54, 1.807) is 0 Å². The first-order valence-corrected chi connectivity index (χ1v) is 10.4. The summed E-state index contributed by atoms with van der Waals surface area (Å²) >= 11 is 0. The molecule has 0 aliphatic carbocycles. The summed E-state index contributed by atoms with van der Waals surface area (Å²) in [5.41, 5.74) is -5.06. The second-order valence-corrected chi connectivity index (χ2v) is 8.59. The third-order valence-corrected chi connectivity index (χ3v) is 6.31. The van der Waals surface area contributed by atoms with E-state index in [4.69, 9.17) is 0 Å². The van der Waals surface area contributed by atoms with Crippen molar-refractivity contribution < 1.29 is 30.4 Å². The van der Waals surface area contributed by atoms with Crippen molar-refractivity contribution in [1.29, 1.82) is 0 Å². The van der Waals surface area contributed by atoms with Gasteiger partial charge in [-0.1, -0.05) is 0 Å². The molecule has 2 rings (SSSR count). The highest BCUT2D eigenvalue weighted by Crippen LogP contribution is 2.30. The molecule has 29 heavy (non-hydrogen) atoms. The van der Waals surface area contributed by atoms with Gasteiger partial charge in [0.1, 0.15) is 11.6 Å². The van der Waals surface area contributed by atoms with Crippen LogP contribution in [0.1, 0.15) is 18.4 Å². The maximum atomic E-state index is 13.6. The molecular weight excluding hydrogens is 419 g/mol. The van der Waals surface area contributed by atoms with Crippen LogP contribution in [0.25, 0.3) is 0 Å². The van der Waals surface area contributed by atoms with Gasteiger partial charge in [0.05, 0.1) is 0 Å². The number of alkyl halides is 3. The monoisotopic (exact) mass is 442 g/mol. The number of benzene rings is 1. The van der Waals surface area contributed by atoms with Crippen LogP contribution in [0, 0.1) is 17.6 Å². The predicted molar refractivity (Wildman–Crippen MR) is 98.7 cm³/mol. The van der Waals surface area contributed by atoms with E-state index in [-0.39, 0.29) is 43.8 Å². The number of rotatable bonds is 6. The molecule has 0 atom stereocenters. The molecule has 1 aliphatic rings. The minimum absolute atomic E-state index is 0.0195. The number of aliphatic imine (C=N–C) groups is 1. The smallest absolute Gasteiger partial charge is 0.356 e. The summed E-state index contributed by atoms with van der Waals surface area (Å²) in [7, 11) is -3.76. The third kappa shape index (κ3) is 6.26. The standard InChI is InChI=1S/C17H23F5N4O2S/c1-23-16(24-7-4-13-10-14(18)2-3-15(13)19)25-11-12-5-8-26(9-6-12)29(27,28)17(20,21)22/h2-3,10,12H,4-9,11H2,1H3,(H2,23,24,25). The zero-order valence-electron chi connectivity index (χ0n) is 15.8. The quantitative estimate of drug-likeness (QED) is 0.403. The first-order chi connectivity index (χ1) is 13.5. The Morgan fingerprint density at radius 1 is 1.21 bits per heavy atom. The van der Waals surface area contributed by atoms with Crippen LogP contribution in [0.4, 0.5) is 22.0 Å². The fourth-order valence-electron chi connectivity index (χ4n) is 3.01. The topological polar surface area (TPSA) is 73.8 Å². The summed E-state index contributed by atoms with van der Waals surface area (Å²) in [6.45, 7) is 0.300. The molecule has 0 amide bonds. The molecule has 1 aliphatic heterocycles. The van der Waals surface area contributed by atoms with Gasteiger partial charge in [0, 0.05) is 33.2 Å². The number of hydrogen-bond donors (Lipinski definition) is 2. The molecule has 0 bridgehead atoms. The Labute approximate surface area is 166 Å². The normalized spacial score (nSPS) is 17.4. The first-order valence-electron chi connectivity index (χ1n) is 8.99.